The lowest BCUT2D eigenvalue weighted by Crippen LogP contribution is -2.19. The van der Waals surface area contributed by atoms with Gasteiger partial charge in [-0.25, -0.2) is 22.9 Å². The van der Waals surface area contributed by atoms with Crippen LogP contribution in [0.5, 0.6) is 0 Å². The molecule has 3 N–H and O–H groups in total. The van der Waals surface area contributed by atoms with Crippen LogP contribution in [0.2, 0.25) is 10.2 Å². The van der Waals surface area contributed by atoms with E-state index in [1.165, 1.54) is 19.2 Å². The lowest BCUT2D eigenvalue weighted by Gasteiger charge is -2.10. The van der Waals surface area contributed by atoms with Crippen molar-refractivity contribution in [2.45, 2.75) is 6.92 Å². The summed E-state index contributed by atoms with van der Waals surface area (Å²) in [7, 11) is 0. The minimum atomic E-state index is -1.65. The number of ether oxygens (including phenoxy) is 1. The van der Waals surface area contributed by atoms with E-state index in [-0.39, 0.29) is 23.1 Å². The third-order valence-corrected chi connectivity index (χ3v) is 3.98. The Morgan fingerprint density at radius 2 is 1.93 bits per heavy atom. The Morgan fingerprint density at radius 1 is 1.25 bits per heavy atom. The number of pyridine rings is 1. The first kappa shape index (κ1) is 21.5. The number of halogens is 5. The van der Waals surface area contributed by atoms with Crippen molar-refractivity contribution in [2.24, 2.45) is 0 Å². The van der Waals surface area contributed by atoms with Crippen LogP contribution in [0, 0.1) is 17.5 Å². The quantitative estimate of drug-likeness (QED) is 0.104. The van der Waals surface area contributed by atoms with E-state index in [4.69, 9.17) is 33.7 Å². The zero-order valence-corrected chi connectivity index (χ0v) is 15.7. The van der Waals surface area contributed by atoms with Crippen LogP contribution in [0.1, 0.15) is 17.3 Å². The topological polar surface area (TPSA) is 94.3 Å². The van der Waals surface area contributed by atoms with Crippen LogP contribution >= 0.6 is 23.2 Å². The maximum atomic E-state index is 14.2. The average molecular weight is 434 g/mol. The molecule has 0 fully saturated rings. The van der Waals surface area contributed by atoms with Crippen molar-refractivity contribution in [2.75, 3.05) is 17.7 Å². The fourth-order valence-corrected chi connectivity index (χ4v) is 2.30. The number of nitrogens with one attached hydrogen (secondary N) is 1. The van der Waals surface area contributed by atoms with Gasteiger partial charge in [-0.15, -0.1) is 0 Å². The second-order valence-corrected chi connectivity index (χ2v) is 5.94. The number of anilines is 2. The zero-order chi connectivity index (χ0) is 21.0. The second-order valence-electron chi connectivity index (χ2n) is 5.20. The molecule has 1 heterocycles. The molecule has 0 aliphatic rings. The molecule has 0 atom stereocenters. The summed E-state index contributed by atoms with van der Waals surface area (Å²) in [6.45, 7) is 1.38. The normalized spacial score (nSPS) is 11.3. The minimum Gasteiger partial charge on any atom is -0.462 e. The number of Topliss-reactive ketones (excluding diaryl/α,β-unsaturated/α-hetero) is 1. The van der Waals surface area contributed by atoms with Crippen molar-refractivity contribution in [3.8, 4) is 0 Å². The number of esters is 1. The van der Waals surface area contributed by atoms with Crippen molar-refractivity contribution in [3.05, 3.63) is 63.3 Å². The molecule has 0 amide bonds. The van der Waals surface area contributed by atoms with Crippen LogP contribution in [-0.2, 0) is 9.53 Å². The Hall–Kier alpha value is -2.78. The lowest BCUT2D eigenvalue weighted by atomic mass is 10.0. The van der Waals surface area contributed by atoms with Crippen LogP contribution in [0.3, 0.4) is 0 Å². The van der Waals surface area contributed by atoms with Gasteiger partial charge in [0.25, 0.3) is 0 Å². The highest BCUT2D eigenvalue weighted by Crippen LogP contribution is 2.27. The number of carbonyl (C=O) groups is 2. The molecule has 0 bridgehead atoms. The van der Waals surface area contributed by atoms with Gasteiger partial charge in [-0.05, 0) is 19.1 Å². The third kappa shape index (κ3) is 4.55. The highest BCUT2D eigenvalue weighted by Gasteiger charge is 2.28. The van der Waals surface area contributed by atoms with Crippen molar-refractivity contribution in [1.29, 1.82) is 0 Å². The predicted octanol–water partition coefficient (Wildman–Crippen LogP) is 4.13. The first-order chi connectivity index (χ1) is 13.2. The minimum absolute atomic E-state index is 0.0368. The maximum absolute atomic E-state index is 14.2. The van der Waals surface area contributed by atoms with E-state index in [0.717, 1.165) is 6.20 Å². The summed E-state index contributed by atoms with van der Waals surface area (Å²) in [6, 6.07) is 1.65. The van der Waals surface area contributed by atoms with Gasteiger partial charge in [0.1, 0.15) is 10.6 Å². The smallest absolute Gasteiger partial charge is 0.343 e. The van der Waals surface area contributed by atoms with Gasteiger partial charge in [0, 0.05) is 6.20 Å². The van der Waals surface area contributed by atoms with E-state index in [1.807, 2.05) is 0 Å². The van der Waals surface area contributed by atoms with Crippen LogP contribution in [-0.4, -0.2) is 23.3 Å². The molecule has 0 radical (unpaired) electrons. The molecule has 11 heteroatoms. The lowest BCUT2D eigenvalue weighted by molar-refractivity contribution is -0.138. The maximum Gasteiger partial charge on any atom is 0.343 e. The van der Waals surface area contributed by atoms with E-state index in [9.17, 15) is 22.8 Å². The van der Waals surface area contributed by atoms with E-state index < -0.39 is 45.4 Å². The molecule has 1 aromatic carbocycles. The fraction of sp³-hybridized carbons (Fsp3) is 0.118. The van der Waals surface area contributed by atoms with Crippen molar-refractivity contribution in [1.82, 2.24) is 4.98 Å². The van der Waals surface area contributed by atoms with Gasteiger partial charge < -0.3 is 15.8 Å². The highest BCUT2D eigenvalue weighted by molar-refractivity contribution is 6.32. The molecule has 0 saturated carbocycles. The van der Waals surface area contributed by atoms with Gasteiger partial charge in [-0.1, -0.05) is 23.2 Å². The van der Waals surface area contributed by atoms with Crippen molar-refractivity contribution < 1.29 is 27.5 Å². The number of hydrogen-bond donors (Lipinski definition) is 2. The predicted molar refractivity (Wildman–Crippen MR) is 97.7 cm³/mol. The van der Waals surface area contributed by atoms with Crippen LogP contribution in [0.15, 0.2) is 30.1 Å². The van der Waals surface area contributed by atoms with Gasteiger partial charge in [0.15, 0.2) is 22.6 Å². The summed E-state index contributed by atoms with van der Waals surface area (Å²) in [5.41, 5.74) is 4.30. The molecular formula is C17H12Cl2F3N3O3. The molecular weight excluding hydrogens is 422 g/mol. The highest BCUT2D eigenvalue weighted by atomic mass is 35.5. The van der Waals surface area contributed by atoms with Gasteiger partial charge in [-0.3, -0.25) is 4.79 Å². The number of nitrogens with two attached hydrogens (primary N) is 1. The Bertz CT molecular complexity index is 984. The molecule has 2 rings (SSSR count). The largest absolute Gasteiger partial charge is 0.462 e. The van der Waals surface area contributed by atoms with Crippen LogP contribution < -0.4 is 11.1 Å². The molecule has 2 aromatic rings. The Morgan fingerprint density at radius 3 is 2.54 bits per heavy atom. The fourth-order valence-electron chi connectivity index (χ4n) is 2.01. The standard InChI is InChI=1S/C17H12Cl2F3N3O3/c1-2-28-17(27)9(6-24-7-3-11(23)16(19)25-5-7)15(26)8-4-10(20)14(22)12(18)13(8)21/h3-6,24H,2,23H2,1H3. The van der Waals surface area contributed by atoms with Gasteiger partial charge in [0.05, 0.1) is 29.7 Å². The number of aromatic nitrogens is 1. The van der Waals surface area contributed by atoms with E-state index in [0.29, 0.717) is 6.07 Å². The summed E-state index contributed by atoms with van der Waals surface area (Å²) in [5, 5.41) is 1.38. The average Bonchev–Trinajstić information content (AvgIpc) is 2.66. The summed E-state index contributed by atoms with van der Waals surface area (Å²) in [5.74, 6) is -7.13. The molecule has 6 nitrogen and oxygen atoms in total. The van der Waals surface area contributed by atoms with Gasteiger partial charge in [0.2, 0.25) is 5.78 Å². The zero-order valence-electron chi connectivity index (χ0n) is 14.2. The van der Waals surface area contributed by atoms with E-state index >= 15 is 0 Å². The summed E-state index contributed by atoms with van der Waals surface area (Å²) in [4.78, 5) is 28.5. The molecule has 148 valence electrons. The molecule has 1 aromatic heterocycles. The van der Waals surface area contributed by atoms with Crippen molar-refractivity contribution >= 4 is 46.3 Å². The number of benzene rings is 1. The summed E-state index contributed by atoms with van der Waals surface area (Å²) >= 11 is 11.1. The monoisotopic (exact) mass is 433 g/mol. The second kappa shape index (κ2) is 8.94. The molecule has 0 spiro atoms. The Labute approximate surface area is 167 Å². The number of nitrogens with zero attached hydrogens (tertiary/aromatic N) is 1. The molecule has 28 heavy (non-hydrogen) atoms. The molecule has 0 unspecified atom stereocenters. The third-order valence-electron chi connectivity index (χ3n) is 3.34. The van der Waals surface area contributed by atoms with Gasteiger partial charge >= 0.3 is 5.97 Å². The number of hydrogen-bond acceptors (Lipinski definition) is 6. The van der Waals surface area contributed by atoms with Gasteiger partial charge in [-0.2, -0.15) is 0 Å². The SMILES string of the molecule is CCOC(=O)C(=CNc1cnc(Cl)c(N)c1)C(=O)c1cc(F)c(F)c(Cl)c1F. The Kier molecular flexibility index (Phi) is 6.87. The van der Waals surface area contributed by atoms with Crippen LogP contribution in [0.4, 0.5) is 24.5 Å². The summed E-state index contributed by atoms with van der Waals surface area (Å²) < 4.78 is 45.8. The first-order valence-corrected chi connectivity index (χ1v) is 8.35. The number of ketones is 1. The summed E-state index contributed by atoms with van der Waals surface area (Å²) in [6.07, 6.45) is 2.14. The number of carbonyl (C=O) groups excluding carboxylic acids is 2. The molecule has 0 saturated heterocycles. The molecule has 0 aliphatic heterocycles. The number of rotatable bonds is 6. The van der Waals surface area contributed by atoms with E-state index in [2.05, 4.69) is 10.3 Å². The van der Waals surface area contributed by atoms with Crippen LogP contribution in [0.25, 0.3) is 0 Å². The first-order valence-electron chi connectivity index (χ1n) is 7.59. The Balaban J connectivity index is 2.47. The van der Waals surface area contributed by atoms with Crippen molar-refractivity contribution in [3.63, 3.8) is 0 Å². The van der Waals surface area contributed by atoms with E-state index in [1.54, 1.807) is 0 Å². The number of nitrogen functional groups attached to an aromatic ring is 1. The molecule has 0 aliphatic carbocycles.